The number of ether oxygens (including phenoxy) is 5. The van der Waals surface area contributed by atoms with Crippen LogP contribution in [0.25, 0.3) is 0 Å². The predicted octanol–water partition coefficient (Wildman–Crippen LogP) is 16.6. The Labute approximate surface area is 490 Å². The number of hydrogen-bond donors (Lipinski definition) is 3. The standard InChI is InChI=1S/C69H108O12/c1-4-7-10-13-16-19-22-25-28-31-34-37-40-43-46-49-52-55-61(70)77-58-60(79-62(71)56-53-50-47-44-41-38-35-32-29-26-23-20-17-14-11-8-5-2)59-78-69-67(65(74)64(73)66(81-69)68(75)76)80-63(72)57-54-51-48-45-42-39-36-33-30-27-24-21-18-15-12-9-6-3/h7-12,16-21,25-30,34,37,43,46,60,64-67,69,73-74H,4-6,13-15,22-24,31-33,35-36,38-42,44-45,47-59H2,1-3H3,(H,75,76)/b10-7-,11-8-,12-9-,19-16-,20-17-,21-18-,28-25-,29-26-,30-27-,37-34-,46-43-. The summed E-state index contributed by atoms with van der Waals surface area (Å²) in [7, 11) is 0. The van der Waals surface area contributed by atoms with Crippen molar-refractivity contribution in [2.75, 3.05) is 13.2 Å². The van der Waals surface area contributed by atoms with Gasteiger partial charge in [-0.05, 0) is 122 Å². The molecule has 0 aromatic rings. The molecule has 6 atom stereocenters. The zero-order chi connectivity index (χ0) is 58.9. The van der Waals surface area contributed by atoms with E-state index in [0.717, 1.165) is 161 Å². The molecular formula is C69H108O12. The fraction of sp³-hybridized carbons (Fsp3) is 0.623. The van der Waals surface area contributed by atoms with Crippen molar-refractivity contribution in [3.63, 3.8) is 0 Å². The number of unbranched alkanes of at least 4 members (excludes halogenated alkanes) is 15. The van der Waals surface area contributed by atoms with Gasteiger partial charge in [0.25, 0.3) is 0 Å². The lowest BCUT2D eigenvalue weighted by atomic mass is 9.98. The minimum absolute atomic E-state index is 0.0352. The second-order valence-corrected chi connectivity index (χ2v) is 20.5. The Morgan fingerprint density at radius 1 is 0.407 bits per heavy atom. The van der Waals surface area contributed by atoms with Crippen LogP contribution in [0, 0.1) is 0 Å². The van der Waals surface area contributed by atoms with Crippen LogP contribution in [0.3, 0.4) is 0 Å². The van der Waals surface area contributed by atoms with Crippen LogP contribution in [0.2, 0.25) is 0 Å². The van der Waals surface area contributed by atoms with E-state index in [1.54, 1.807) is 0 Å². The molecule has 0 aromatic carbocycles. The molecule has 0 aromatic heterocycles. The van der Waals surface area contributed by atoms with E-state index in [1.807, 2.05) is 6.08 Å². The van der Waals surface area contributed by atoms with Gasteiger partial charge >= 0.3 is 23.9 Å². The van der Waals surface area contributed by atoms with Crippen LogP contribution in [0.5, 0.6) is 0 Å². The summed E-state index contributed by atoms with van der Waals surface area (Å²) in [6.45, 7) is 5.60. The van der Waals surface area contributed by atoms with E-state index in [4.69, 9.17) is 23.7 Å². The zero-order valence-electron chi connectivity index (χ0n) is 50.2. The molecule has 1 saturated heterocycles. The van der Waals surface area contributed by atoms with Gasteiger partial charge in [-0.1, -0.05) is 219 Å². The second-order valence-electron chi connectivity index (χ2n) is 20.5. The number of carbonyl (C=O) groups excluding carboxylic acids is 3. The van der Waals surface area contributed by atoms with E-state index >= 15 is 0 Å². The molecule has 0 bridgehead atoms. The number of esters is 3. The van der Waals surface area contributed by atoms with Gasteiger partial charge in [0.1, 0.15) is 18.8 Å². The fourth-order valence-corrected chi connectivity index (χ4v) is 8.55. The summed E-state index contributed by atoms with van der Waals surface area (Å²) in [5.74, 6) is -3.24. The SMILES string of the molecule is CC/C=C\C/C=C\C/C=C\C/C=C\C/C=C\CCCC(=O)OCC(COC1OC(C(=O)O)C(O)C(O)C1OC(=O)CCCCCCCCC/C=C\C/C=C\C/C=C\CC)OC(=O)CCCCCCCCC/C=C\C/C=C\C/C=C\CC. The number of hydrogen-bond acceptors (Lipinski definition) is 11. The van der Waals surface area contributed by atoms with Gasteiger partial charge in [-0.25, -0.2) is 4.79 Å². The number of rotatable bonds is 51. The third-order valence-electron chi connectivity index (χ3n) is 13.2. The highest BCUT2D eigenvalue weighted by Crippen LogP contribution is 2.26. The van der Waals surface area contributed by atoms with Crippen LogP contribution >= 0.6 is 0 Å². The van der Waals surface area contributed by atoms with Crippen molar-refractivity contribution in [2.24, 2.45) is 0 Å². The van der Waals surface area contributed by atoms with Gasteiger partial charge in [-0.2, -0.15) is 0 Å². The molecule has 0 aliphatic carbocycles. The number of aliphatic carboxylic acids is 1. The van der Waals surface area contributed by atoms with E-state index < -0.39 is 67.3 Å². The van der Waals surface area contributed by atoms with Crippen molar-refractivity contribution < 1.29 is 58.2 Å². The van der Waals surface area contributed by atoms with Crippen LogP contribution in [0.15, 0.2) is 134 Å². The minimum Gasteiger partial charge on any atom is -0.479 e. The van der Waals surface area contributed by atoms with E-state index in [0.29, 0.717) is 25.7 Å². The first-order valence-corrected chi connectivity index (χ1v) is 31.2. The molecule has 0 radical (unpaired) electrons. The predicted molar refractivity (Wildman–Crippen MR) is 330 cm³/mol. The summed E-state index contributed by atoms with van der Waals surface area (Å²) in [4.78, 5) is 51.3. The lowest BCUT2D eigenvalue weighted by molar-refractivity contribution is -0.301. The van der Waals surface area contributed by atoms with Crippen molar-refractivity contribution in [3.05, 3.63) is 134 Å². The normalized spacial score (nSPS) is 18.7. The van der Waals surface area contributed by atoms with Crippen LogP contribution in [0.4, 0.5) is 0 Å². The number of carboxylic acid groups (broad SMARTS) is 1. The van der Waals surface area contributed by atoms with Gasteiger partial charge in [0.05, 0.1) is 6.61 Å². The van der Waals surface area contributed by atoms with Gasteiger partial charge < -0.3 is 39.0 Å². The van der Waals surface area contributed by atoms with E-state index in [1.165, 1.54) is 0 Å². The van der Waals surface area contributed by atoms with Crippen molar-refractivity contribution in [3.8, 4) is 0 Å². The number of aliphatic hydroxyl groups is 2. The number of carboxylic acids is 1. The number of allylic oxidation sites excluding steroid dienone is 22. The Bertz CT molecular complexity index is 1920. The molecule has 81 heavy (non-hydrogen) atoms. The lowest BCUT2D eigenvalue weighted by Crippen LogP contribution is -2.61. The topological polar surface area (TPSA) is 175 Å². The number of carbonyl (C=O) groups is 4. The Hall–Kier alpha value is -5.14. The molecule has 12 nitrogen and oxygen atoms in total. The maximum Gasteiger partial charge on any atom is 0.335 e. The highest BCUT2D eigenvalue weighted by molar-refractivity contribution is 5.74. The average Bonchev–Trinajstić information content (AvgIpc) is 3.53. The molecule has 6 unspecified atom stereocenters. The minimum atomic E-state index is -1.92. The van der Waals surface area contributed by atoms with Gasteiger partial charge in [-0.15, -0.1) is 0 Å². The molecule has 1 aliphatic heterocycles. The van der Waals surface area contributed by atoms with Crippen molar-refractivity contribution >= 4 is 23.9 Å². The molecular weight excluding hydrogens is 1020 g/mol. The third-order valence-corrected chi connectivity index (χ3v) is 13.2. The summed E-state index contributed by atoms with van der Waals surface area (Å²) in [5.41, 5.74) is 0. The second kappa shape index (κ2) is 55.4. The molecule has 0 amide bonds. The monoisotopic (exact) mass is 1130 g/mol. The van der Waals surface area contributed by atoms with Gasteiger partial charge in [0, 0.05) is 19.3 Å². The first-order valence-electron chi connectivity index (χ1n) is 31.2. The summed E-state index contributed by atoms with van der Waals surface area (Å²) in [5, 5.41) is 31.6. The lowest BCUT2D eigenvalue weighted by Gasteiger charge is -2.40. The summed E-state index contributed by atoms with van der Waals surface area (Å²) in [6.07, 6.45) is 65.5. The smallest absolute Gasteiger partial charge is 0.335 e. The number of aliphatic hydroxyl groups excluding tert-OH is 2. The van der Waals surface area contributed by atoms with Crippen molar-refractivity contribution in [2.45, 2.75) is 263 Å². The van der Waals surface area contributed by atoms with Crippen molar-refractivity contribution in [1.29, 1.82) is 0 Å². The Morgan fingerprint density at radius 2 is 0.753 bits per heavy atom. The van der Waals surface area contributed by atoms with Crippen LogP contribution in [-0.4, -0.2) is 89.2 Å². The largest absolute Gasteiger partial charge is 0.479 e. The molecule has 0 spiro atoms. The van der Waals surface area contributed by atoms with E-state index in [9.17, 15) is 34.5 Å². The van der Waals surface area contributed by atoms with Gasteiger partial charge in [-0.3, -0.25) is 14.4 Å². The van der Waals surface area contributed by atoms with Crippen LogP contribution in [0.1, 0.15) is 226 Å². The first kappa shape index (κ1) is 73.9. The van der Waals surface area contributed by atoms with Gasteiger partial charge in [0.15, 0.2) is 24.6 Å². The molecule has 1 rings (SSSR count). The average molecular weight is 1130 g/mol. The zero-order valence-corrected chi connectivity index (χ0v) is 50.2. The molecule has 0 saturated carbocycles. The summed E-state index contributed by atoms with van der Waals surface area (Å²) in [6, 6.07) is 0. The molecule has 1 fully saturated rings. The first-order chi connectivity index (χ1) is 39.6. The summed E-state index contributed by atoms with van der Waals surface area (Å²) < 4.78 is 28.4. The maximum atomic E-state index is 13.2. The quantitative estimate of drug-likeness (QED) is 0.0228. The fourth-order valence-electron chi connectivity index (χ4n) is 8.55. The third kappa shape index (κ3) is 45.1. The summed E-state index contributed by atoms with van der Waals surface area (Å²) >= 11 is 0. The van der Waals surface area contributed by atoms with Crippen LogP contribution in [-0.2, 0) is 42.9 Å². The maximum absolute atomic E-state index is 13.2. The van der Waals surface area contributed by atoms with Crippen molar-refractivity contribution in [1.82, 2.24) is 0 Å². The molecule has 1 aliphatic rings. The highest BCUT2D eigenvalue weighted by Gasteiger charge is 2.50. The molecule has 3 N–H and O–H groups in total. The Kier molecular flexibility index (Phi) is 50.5. The molecule has 12 heteroatoms. The Balaban J connectivity index is 2.73. The van der Waals surface area contributed by atoms with Crippen LogP contribution < -0.4 is 0 Å². The van der Waals surface area contributed by atoms with Gasteiger partial charge in [0.2, 0.25) is 0 Å². The van der Waals surface area contributed by atoms with E-state index in [-0.39, 0.29) is 25.9 Å². The van der Waals surface area contributed by atoms with E-state index in [2.05, 4.69) is 148 Å². The molecule has 456 valence electrons. The highest BCUT2D eigenvalue weighted by atomic mass is 16.7. The Morgan fingerprint density at radius 3 is 1.16 bits per heavy atom. The molecule has 1 heterocycles.